The van der Waals surface area contributed by atoms with E-state index in [9.17, 15) is 0 Å². The molecule has 0 heterocycles. The van der Waals surface area contributed by atoms with Gasteiger partial charge in [-0.15, -0.1) is 0 Å². The maximum Gasteiger partial charge on any atom is 0.179 e. The van der Waals surface area contributed by atoms with Crippen LogP contribution in [0.1, 0.15) is 5.56 Å². The van der Waals surface area contributed by atoms with Crippen molar-refractivity contribution in [2.24, 2.45) is 5.73 Å². The van der Waals surface area contributed by atoms with Crippen molar-refractivity contribution < 1.29 is 0 Å². The monoisotopic (exact) mass is 292 g/mol. The van der Waals surface area contributed by atoms with Crippen LogP contribution in [0.2, 0.25) is 0 Å². The molecule has 0 saturated carbocycles. The first-order chi connectivity index (χ1) is 5.61. The Bertz CT molecular complexity index is 284. The molecule has 0 aliphatic carbocycles. The fourth-order valence-corrected chi connectivity index (χ4v) is 1.23. The average Bonchev–Trinajstić information content (AvgIpc) is 2.04. The van der Waals surface area contributed by atoms with E-state index in [4.69, 9.17) is 18.0 Å². The Hall–Kier alpha value is -0.360. The van der Waals surface area contributed by atoms with E-state index in [0.29, 0.717) is 5.11 Å². The van der Waals surface area contributed by atoms with Crippen molar-refractivity contribution in [2.45, 2.75) is 6.92 Å². The van der Waals surface area contributed by atoms with Gasteiger partial charge < -0.3 is 5.73 Å². The number of hydrogen-bond acceptors (Lipinski definition) is 1. The van der Waals surface area contributed by atoms with Gasteiger partial charge in [0.25, 0.3) is 0 Å². The molecule has 12 heavy (non-hydrogen) atoms. The number of thiocarbonyl (C=S) groups is 1. The molecule has 64 valence electrons. The average molecular weight is 292 g/mol. The molecule has 0 atom stereocenters. The lowest BCUT2D eigenvalue weighted by Gasteiger charge is -2.13. The second-order valence-electron chi connectivity index (χ2n) is 2.45. The van der Waals surface area contributed by atoms with Crippen molar-refractivity contribution in [3.63, 3.8) is 0 Å². The predicted molar refractivity (Wildman–Crippen MR) is 64.5 cm³/mol. The van der Waals surface area contributed by atoms with E-state index in [1.54, 1.807) is 3.11 Å². The summed E-state index contributed by atoms with van der Waals surface area (Å²) in [7, 11) is 0. The maximum absolute atomic E-state index is 5.46. The van der Waals surface area contributed by atoms with Crippen molar-refractivity contribution >= 4 is 45.9 Å². The minimum atomic E-state index is 0.374. The number of anilines is 1. The summed E-state index contributed by atoms with van der Waals surface area (Å²) in [6.45, 7) is 2.04. The summed E-state index contributed by atoms with van der Waals surface area (Å²) in [4.78, 5) is 0. The number of halogens is 1. The number of hydrogen-bond donors (Lipinski definition) is 1. The fourth-order valence-electron chi connectivity index (χ4n) is 0.803. The first-order valence-corrected chi connectivity index (χ1v) is 4.80. The SMILES string of the molecule is Cc1ccc(N(I)C(N)=S)cc1. The quantitative estimate of drug-likeness (QED) is 0.489. The summed E-state index contributed by atoms with van der Waals surface area (Å²) in [5.74, 6) is 0. The van der Waals surface area contributed by atoms with Gasteiger partial charge in [0.1, 0.15) is 0 Å². The minimum absolute atomic E-state index is 0.374. The Morgan fingerprint density at radius 1 is 1.42 bits per heavy atom. The number of aryl methyl sites for hydroxylation is 1. The van der Waals surface area contributed by atoms with Crippen LogP contribution in [0.3, 0.4) is 0 Å². The standard InChI is InChI=1S/C8H9IN2S/c1-6-2-4-7(5-3-6)11(9)8(10)12/h2-5H,1H3,(H2,10,12). The van der Waals surface area contributed by atoms with E-state index in [1.165, 1.54) is 5.56 Å². The zero-order valence-corrected chi connectivity index (χ0v) is 9.59. The molecule has 0 spiro atoms. The van der Waals surface area contributed by atoms with Crippen LogP contribution in [0.4, 0.5) is 5.69 Å². The first kappa shape index (κ1) is 9.73. The lowest BCUT2D eigenvalue weighted by atomic mass is 10.2. The molecule has 0 fully saturated rings. The highest BCUT2D eigenvalue weighted by Crippen LogP contribution is 2.18. The number of nitrogens with zero attached hydrogens (tertiary/aromatic N) is 1. The minimum Gasteiger partial charge on any atom is -0.375 e. The molecule has 0 unspecified atom stereocenters. The van der Waals surface area contributed by atoms with Crippen LogP contribution < -0.4 is 8.85 Å². The Labute approximate surface area is 91.2 Å². The summed E-state index contributed by atoms with van der Waals surface area (Å²) < 4.78 is 1.74. The maximum atomic E-state index is 5.46. The highest BCUT2D eigenvalue weighted by molar-refractivity contribution is 14.1. The number of nitrogens with two attached hydrogens (primary N) is 1. The molecule has 0 saturated heterocycles. The van der Waals surface area contributed by atoms with E-state index < -0.39 is 0 Å². The second-order valence-corrected chi connectivity index (χ2v) is 3.84. The van der Waals surface area contributed by atoms with Crippen LogP contribution in [-0.4, -0.2) is 5.11 Å². The summed E-state index contributed by atoms with van der Waals surface area (Å²) in [5.41, 5.74) is 7.69. The highest BCUT2D eigenvalue weighted by atomic mass is 127. The largest absolute Gasteiger partial charge is 0.375 e. The lowest BCUT2D eigenvalue weighted by Crippen LogP contribution is -2.25. The number of rotatable bonds is 1. The summed E-state index contributed by atoms with van der Waals surface area (Å²) in [6, 6.07) is 8.03. The molecule has 1 aromatic rings. The van der Waals surface area contributed by atoms with Crippen LogP contribution >= 0.6 is 35.1 Å². The van der Waals surface area contributed by atoms with Crippen LogP contribution in [0.15, 0.2) is 24.3 Å². The summed E-state index contributed by atoms with van der Waals surface area (Å²) in [5, 5.41) is 0.374. The Morgan fingerprint density at radius 3 is 2.33 bits per heavy atom. The molecule has 4 heteroatoms. The van der Waals surface area contributed by atoms with Crippen LogP contribution in [0.5, 0.6) is 0 Å². The zero-order valence-electron chi connectivity index (χ0n) is 6.62. The topological polar surface area (TPSA) is 29.3 Å². The second kappa shape index (κ2) is 4.04. The third-order valence-electron chi connectivity index (χ3n) is 1.45. The molecule has 0 aliphatic rings. The molecule has 1 aromatic carbocycles. The smallest absolute Gasteiger partial charge is 0.179 e. The molecule has 0 amide bonds. The highest BCUT2D eigenvalue weighted by Gasteiger charge is 2.03. The molecular weight excluding hydrogens is 283 g/mol. The van der Waals surface area contributed by atoms with Gasteiger partial charge >= 0.3 is 0 Å². The molecule has 1 rings (SSSR count). The van der Waals surface area contributed by atoms with Gasteiger partial charge in [-0.3, -0.25) is 3.11 Å². The van der Waals surface area contributed by atoms with E-state index >= 15 is 0 Å². The van der Waals surface area contributed by atoms with E-state index in [-0.39, 0.29) is 0 Å². The summed E-state index contributed by atoms with van der Waals surface area (Å²) in [6.07, 6.45) is 0. The fraction of sp³-hybridized carbons (Fsp3) is 0.125. The summed E-state index contributed by atoms with van der Waals surface area (Å²) >= 11 is 6.91. The van der Waals surface area contributed by atoms with Gasteiger partial charge in [-0.05, 0) is 31.3 Å². The van der Waals surface area contributed by atoms with Gasteiger partial charge in [-0.2, -0.15) is 0 Å². The molecule has 2 N–H and O–H groups in total. The Kier molecular flexibility index (Phi) is 3.28. The molecular formula is C8H9IN2S. The van der Waals surface area contributed by atoms with Gasteiger partial charge in [0.15, 0.2) is 5.11 Å². The van der Waals surface area contributed by atoms with Gasteiger partial charge in [0.2, 0.25) is 0 Å². The molecule has 2 nitrogen and oxygen atoms in total. The van der Waals surface area contributed by atoms with E-state index in [1.807, 2.05) is 31.2 Å². The van der Waals surface area contributed by atoms with E-state index in [0.717, 1.165) is 5.69 Å². The van der Waals surface area contributed by atoms with Gasteiger partial charge in [0, 0.05) is 0 Å². The third kappa shape index (κ3) is 2.31. The van der Waals surface area contributed by atoms with Crippen molar-refractivity contribution in [3.8, 4) is 0 Å². The van der Waals surface area contributed by atoms with E-state index in [2.05, 4.69) is 22.9 Å². The van der Waals surface area contributed by atoms with Crippen molar-refractivity contribution in [3.05, 3.63) is 29.8 Å². The van der Waals surface area contributed by atoms with Gasteiger partial charge in [0.05, 0.1) is 28.6 Å². The number of benzene rings is 1. The molecule has 0 radical (unpaired) electrons. The Morgan fingerprint density at radius 2 is 1.92 bits per heavy atom. The lowest BCUT2D eigenvalue weighted by molar-refractivity contribution is 1.45. The van der Waals surface area contributed by atoms with Crippen molar-refractivity contribution in [2.75, 3.05) is 3.11 Å². The van der Waals surface area contributed by atoms with Crippen molar-refractivity contribution in [1.82, 2.24) is 0 Å². The normalized spacial score (nSPS) is 9.50. The van der Waals surface area contributed by atoms with Crippen LogP contribution in [0.25, 0.3) is 0 Å². The zero-order chi connectivity index (χ0) is 9.14. The first-order valence-electron chi connectivity index (χ1n) is 3.43. The predicted octanol–water partition coefficient (Wildman–Crippen LogP) is 2.40. The van der Waals surface area contributed by atoms with Gasteiger partial charge in [-0.1, -0.05) is 17.7 Å². The van der Waals surface area contributed by atoms with Crippen LogP contribution in [0, 0.1) is 6.92 Å². The molecule has 0 bridgehead atoms. The van der Waals surface area contributed by atoms with Crippen molar-refractivity contribution in [1.29, 1.82) is 0 Å². The third-order valence-corrected chi connectivity index (χ3v) is 3.04. The molecule has 0 aliphatic heterocycles. The Balaban J connectivity index is 2.89. The molecule has 0 aromatic heterocycles. The van der Waals surface area contributed by atoms with Gasteiger partial charge in [-0.25, -0.2) is 0 Å². The van der Waals surface area contributed by atoms with Crippen LogP contribution in [-0.2, 0) is 0 Å².